The summed E-state index contributed by atoms with van der Waals surface area (Å²) in [6.07, 6.45) is 0. The Balaban J connectivity index is 1.37. The van der Waals surface area contributed by atoms with Crippen molar-refractivity contribution in [1.82, 2.24) is 14.7 Å². The average molecular weight is 413 g/mol. The molecule has 9 heteroatoms. The quantitative estimate of drug-likeness (QED) is 0.704. The number of ether oxygens (including phenoxy) is 2. The normalized spacial score (nSPS) is 17.2. The van der Waals surface area contributed by atoms with E-state index in [2.05, 4.69) is 14.9 Å². The van der Waals surface area contributed by atoms with E-state index in [0.717, 1.165) is 37.6 Å². The summed E-state index contributed by atoms with van der Waals surface area (Å²) in [4.78, 5) is 31.1. The maximum Gasteiger partial charge on any atom is 0.267 e. The van der Waals surface area contributed by atoms with Gasteiger partial charge in [0, 0.05) is 57.1 Å². The van der Waals surface area contributed by atoms with Gasteiger partial charge in [0.05, 0.1) is 20.3 Å². The van der Waals surface area contributed by atoms with Crippen molar-refractivity contribution in [2.24, 2.45) is 0 Å². The minimum atomic E-state index is -0.268. The molecular weight excluding hydrogens is 386 g/mol. The fourth-order valence-corrected chi connectivity index (χ4v) is 3.76. The Morgan fingerprint density at radius 1 is 1.03 bits per heavy atom. The van der Waals surface area contributed by atoms with Crippen LogP contribution in [-0.2, 0) is 16.1 Å². The first-order valence-corrected chi connectivity index (χ1v) is 10.2. The standard InChI is InChI=1S/C21H27N5O4/c1-29-18-4-2-3-17(15-18)23-7-9-25(10-8-23)21(28)16-26-20(27)6-5-19(22-26)24-11-13-30-14-12-24/h2-6,15H,7-14,16H2,1H3. The van der Waals surface area contributed by atoms with E-state index in [1.807, 2.05) is 24.3 Å². The number of hydrogen-bond acceptors (Lipinski definition) is 7. The molecule has 0 bridgehead atoms. The maximum atomic E-state index is 12.8. The van der Waals surface area contributed by atoms with Crippen LogP contribution in [0.5, 0.6) is 5.75 Å². The van der Waals surface area contributed by atoms with Crippen LogP contribution < -0.4 is 20.1 Å². The van der Waals surface area contributed by atoms with Gasteiger partial charge >= 0.3 is 0 Å². The lowest BCUT2D eigenvalue weighted by atomic mass is 10.2. The highest BCUT2D eigenvalue weighted by Crippen LogP contribution is 2.22. The van der Waals surface area contributed by atoms with Crippen LogP contribution in [0.25, 0.3) is 0 Å². The molecule has 1 amide bonds. The minimum Gasteiger partial charge on any atom is -0.497 e. The molecule has 4 rings (SSSR count). The summed E-state index contributed by atoms with van der Waals surface area (Å²) in [5.41, 5.74) is 0.813. The first-order valence-electron chi connectivity index (χ1n) is 10.2. The number of carbonyl (C=O) groups excluding carboxylic acids is 1. The van der Waals surface area contributed by atoms with Crippen LogP contribution in [0.15, 0.2) is 41.2 Å². The zero-order valence-electron chi connectivity index (χ0n) is 17.2. The molecule has 1 aromatic carbocycles. The van der Waals surface area contributed by atoms with Gasteiger partial charge in [-0.3, -0.25) is 9.59 Å². The first-order chi connectivity index (χ1) is 14.6. The summed E-state index contributed by atoms with van der Waals surface area (Å²) in [7, 11) is 1.65. The third-order valence-electron chi connectivity index (χ3n) is 5.52. The Morgan fingerprint density at radius 3 is 2.53 bits per heavy atom. The number of amides is 1. The Morgan fingerprint density at radius 2 is 1.80 bits per heavy atom. The molecule has 0 spiro atoms. The van der Waals surface area contributed by atoms with Crippen LogP contribution in [-0.4, -0.2) is 80.2 Å². The van der Waals surface area contributed by atoms with Gasteiger partial charge in [0.2, 0.25) is 5.91 Å². The second kappa shape index (κ2) is 9.17. The predicted octanol–water partition coefficient (Wildman–Crippen LogP) is 0.437. The summed E-state index contributed by atoms with van der Waals surface area (Å²) in [5.74, 6) is 1.43. The molecular formula is C21H27N5O4. The number of anilines is 2. The fraction of sp³-hybridized carbons (Fsp3) is 0.476. The second-order valence-corrected chi connectivity index (χ2v) is 7.36. The first kappa shape index (κ1) is 20.2. The smallest absolute Gasteiger partial charge is 0.267 e. The number of carbonyl (C=O) groups is 1. The summed E-state index contributed by atoms with van der Waals surface area (Å²) >= 11 is 0. The molecule has 0 radical (unpaired) electrons. The van der Waals surface area contributed by atoms with Crippen molar-refractivity contribution in [2.45, 2.75) is 6.54 Å². The molecule has 2 aliphatic heterocycles. The van der Waals surface area contributed by atoms with E-state index in [-0.39, 0.29) is 18.0 Å². The number of morpholine rings is 1. The fourth-order valence-electron chi connectivity index (χ4n) is 3.76. The predicted molar refractivity (Wildman–Crippen MR) is 113 cm³/mol. The maximum absolute atomic E-state index is 12.8. The molecule has 1 aromatic heterocycles. The molecule has 0 aliphatic carbocycles. The Labute approximate surface area is 175 Å². The van der Waals surface area contributed by atoms with E-state index in [0.29, 0.717) is 32.1 Å². The van der Waals surface area contributed by atoms with Gasteiger partial charge in [0.25, 0.3) is 5.56 Å². The van der Waals surface area contributed by atoms with Crippen LogP contribution >= 0.6 is 0 Å². The van der Waals surface area contributed by atoms with Crippen molar-refractivity contribution >= 4 is 17.4 Å². The number of rotatable bonds is 5. The van der Waals surface area contributed by atoms with Gasteiger partial charge in [-0.25, -0.2) is 4.68 Å². The molecule has 0 atom stereocenters. The van der Waals surface area contributed by atoms with Crippen LogP contribution in [0.2, 0.25) is 0 Å². The van der Waals surface area contributed by atoms with E-state index in [4.69, 9.17) is 9.47 Å². The zero-order valence-corrected chi connectivity index (χ0v) is 17.2. The molecule has 0 saturated carbocycles. The zero-order chi connectivity index (χ0) is 20.9. The second-order valence-electron chi connectivity index (χ2n) is 7.36. The van der Waals surface area contributed by atoms with Crippen molar-refractivity contribution in [1.29, 1.82) is 0 Å². The van der Waals surface area contributed by atoms with Gasteiger partial charge in [0.15, 0.2) is 0 Å². The largest absolute Gasteiger partial charge is 0.497 e. The van der Waals surface area contributed by atoms with Crippen LogP contribution in [0.3, 0.4) is 0 Å². The summed E-state index contributed by atoms with van der Waals surface area (Å²) in [5, 5.41) is 4.42. The third kappa shape index (κ3) is 4.56. The Kier molecular flexibility index (Phi) is 6.18. The summed E-state index contributed by atoms with van der Waals surface area (Å²) in [6, 6.07) is 11.1. The molecule has 9 nitrogen and oxygen atoms in total. The van der Waals surface area contributed by atoms with Gasteiger partial charge in [-0.1, -0.05) is 6.07 Å². The molecule has 2 fully saturated rings. The van der Waals surface area contributed by atoms with Crippen LogP contribution in [0.1, 0.15) is 0 Å². The molecule has 2 saturated heterocycles. The van der Waals surface area contributed by atoms with Gasteiger partial charge < -0.3 is 24.2 Å². The molecule has 0 N–H and O–H groups in total. The lowest BCUT2D eigenvalue weighted by Gasteiger charge is -2.36. The number of piperazine rings is 1. The number of hydrogen-bond donors (Lipinski definition) is 0. The Bertz CT molecular complexity index is 933. The third-order valence-corrected chi connectivity index (χ3v) is 5.52. The lowest BCUT2D eigenvalue weighted by Crippen LogP contribution is -2.50. The summed E-state index contributed by atoms with van der Waals surface area (Å²) in [6.45, 7) is 5.35. The van der Waals surface area contributed by atoms with Gasteiger partial charge in [-0.05, 0) is 18.2 Å². The van der Waals surface area contributed by atoms with Gasteiger partial charge in [0.1, 0.15) is 18.1 Å². The van der Waals surface area contributed by atoms with E-state index < -0.39 is 0 Å². The molecule has 30 heavy (non-hydrogen) atoms. The summed E-state index contributed by atoms with van der Waals surface area (Å²) < 4.78 is 11.9. The number of benzene rings is 1. The van der Waals surface area contributed by atoms with Crippen molar-refractivity contribution in [3.05, 3.63) is 46.8 Å². The topological polar surface area (TPSA) is 80.1 Å². The highest BCUT2D eigenvalue weighted by atomic mass is 16.5. The van der Waals surface area contributed by atoms with Gasteiger partial charge in [-0.2, -0.15) is 5.10 Å². The Hall–Kier alpha value is -3.07. The molecule has 0 unspecified atom stereocenters. The lowest BCUT2D eigenvalue weighted by molar-refractivity contribution is -0.132. The highest BCUT2D eigenvalue weighted by Gasteiger charge is 2.23. The van der Waals surface area contributed by atoms with Gasteiger partial charge in [-0.15, -0.1) is 0 Å². The van der Waals surface area contributed by atoms with E-state index in [9.17, 15) is 9.59 Å². The van der Waals surface area contributed by atoms with E-state index in [1.165, 1.54) is 10.7 Å². The van der Waals surface area contributed by atoms with E-state index >= 15 is 0 Å². The number of methoxy groups -OCH3 is 1. The van der Waals surface area contributed by atoms with Crippen LogP contribution in [0, 0.1) is 0 Å². The van der Waals surface area contributed by atoms with E-state index in [1.54, 1.807) is 18.1 Å². The monoisotopic (exact) mass is 413 g/mol. The number of nitrogens with zero attached hydrogens (tertiary/aromatic N) is 5. The van der Waals surface area contributed by atoms with Crippen LogP contribution in [0.4, 0.5) is 11.5 Å². The minimum absolute atomic E-state index is 0.0455. The molecule has 3 heterocycles. The SMILES string of the molecule is COc1cccc(N2CCN(C(=O)Cn3nc(N4CCOCC4)ccc3=O)CC2)c1. The number of aromatic nitrogens is 2. The van der Waals surface area contributed by atoms with Crippen molar-refractivity contribution in [2.75, 3.05) is 69.4 Å². The highest BCUT2D eigenvalue weighted by molar-refractivity contribution is 5.76. The molecule has 160 valence electrons. The average Bonchev–Trinajstić information content (AvgIpc) is 2.81. The molecule has 2 aromatic rings. The van der Waals surface area contributed by atoms with Crippen molar-refractivity contribution in [3.8, 4) is 5.75 Å². The molecule has 2 aliphatic rings. The van der Waals surface area contributed by atoms with Crippen molar-refractivity contribution in [3.63, 3.8) is 0 Å². The van der Waals surface area contributed by atoms with Crippen molar-refractivity contribution < 1.29 is 14.3 Å².